The molecule has 0 bridgehead atoms. The van der Waals surface area contributed by atoms with Crippen LogP contribution < -0.4 is 34.9 Å². The summed E-state index contributed by atoms with van der Waals surface area (Å²) in [5, 5.41) is 13.0. The minimum absolute atomic E-state index is 0.0912. The number of hydrogen-bond acceptors (Lipinski definition) is 8. The van der Waals surface area contributed by atoms with Gasteiger partial charge >= 0.3 is 0 Å². The highest BCUT2D eigenvalue weighted by molar-refractivity contribution is 6.08. The summed E-state index contributed by atoms with van der Waals surface area (Å²) < 4.78 is 21.3. The molecule has 0 aliphatic carbocycles. The molecular formula is C22H27N3O7. The van der Waals surface area contributed by atoms with Gasteiger partial charge in [-0.2, -0.15) is 0 Å². The number of nitrogens with zero attached hydrogens (tertiary/aromatic N) is 1. The molecular weight excluding hydrogens is 418 g/mol. The van der Waals surface area contributed by atoms with Crippen LogP contribution in [0.15, 0.2) is 30.3 Å². The summed E-state index contributed by atoms with van der Waals surface area (Å²) in [6.07, 6.45) is 0. The highest BCUT2D eigenvalue weighted by Gasteiger charge is 2.50. The maximum absolute atomic E-state index is 13.1. The first-order chi connectivity index (χ1) is 15.3. The van der Waals surface area contributed by atoms with Crippen LogP contribution in [0.3, 0.4) is 0 Å². The van der Waals surface area contributed by atoms with Crippen LogP contribution in [-0.2, 0) is 9.59 Å². The summed E-state index contributed by atoms with van der Waals surface area (Å²) in [7, 11) is 5.88. The van der Waals surface area contributed by atoms with E-state index in [2.05, 4.69) is 5.32 Å². The number of phenolic OH excluding ortho intramolecular Hbond substituents is 1. The predicted octanol–water partition coefficient (Wildman–Crippen LogP) is 1.35. The molecule has 4 N–H and O–H groups in total. The Balaban J connectivity index is 2.09. The molecule has 3 rings (SSSR count). The lowest BCUT2D eigenvalue weighted by atomic mass is 9.87. The second-order valence-electron chi connectivity index (χ2n) is 7.24. The van der Waals surface area contributed by atoms with Crippen LogP contribution in [-0.4, -0.2) is 57.4 Å². The van der Waals surface area contributed by atoms with E-state index in [1.54, 1.807) is 24.3 Å². The maximum Gasteiger partial charge on any atom is 0.252 e. The van der Waals surface area contributed by atoms with Gasteiger partial charge in [0.2, 0.25) is 11.7 Å². The quantitative estimate of drug-likeness (QED) is 0.519. The van der Waals surface area contributed by atoms with E-state index in [1.807, 2.05) is 0 Å². The summed E-state index contributed by atoms with van der Waals surface area (Å²) in [5.41, 5.74) is 6.73. The molecule has 2 aromatic carbocycles. The van der Waals surface area contributed by atoms with Crippen molar-refractivity contribution in [1.29, 1.82) is 0 Å². The van der Waals surface area contributed by atoms with Crippen LogP contribution in [0.5, 0.6) is 28.7 Å². The second kappa shape index (κ2) is 9.23. The smallest absolute Gasteiger partial charge is 0.252 e. The number of nitrogens with one attached hydrogen (secondary N) is 1. The number of β-lactam (4-membered cyclic amide) rings is 1. The molecule has 1 fully saturated rings. The SMILES string of the molecule is COc1ccc([C@H]2[C@H](NC(=O)[C@H](C)N)C(=O)N2c2cc(OC)c(OC)c(OC)c2)cc1O. The normalized spacial score (nSPS) is 18.4. The van der Waals surface area contributed by atoms with Gasteiger partial charge in [0.25, 0.3) is 5.91 Å². The Morgan fingerprint density at radius 1 is 1.03 bits per heavy atom. The summed E-state index contributed by atoms with van der Waals surface area (Å²) in [4.78, 5) is 26.9. The molecule has 32 heavy (non-hydrogen) atoms. The fraction of sp³-hybridized carbons (Fsp3) is 0.364. The third-order valence-electron chi connectivity index (χ3n) is 5.28. The number of phenols is 1. The molecule has 1 saturated heterocycles. The number of aromatic hydroxyl groups is 1. The zero-order chi connectivity index (χ0) is 23.6. The highest BCUT2D eigenvalue weighted by Crippen LogP contribution is 2.47. The molecule has 0 radical (unpaired) electrons. The van der Waals surface area contributed by atoms with Crippen molar-refractivity contribution in [3.63, 3.8) is 0 Å². The fourth-order valence-corrected chi connectivity index (χ4v) is 3.64. The standard InChI is InChI=1S/C22H27N3O7/c1-11(23)21(27)24-18-19(12-6-7-15(29-2)14(26)8-12)25(22(18)28)13-9-16(30-3)20(32-5)17(10-13)31-4/h6-11,18-19,26H,23H2,1-5H3,(H,24,27)/t11-,18-,19-/m0/s1. The van der Waals surface area contributed by atoms with Gasteiger partial charge in [0.1, 0.15) is 6.04 Å². The van der Waals surface area contributed by atoms with Crippen molar-refractivity contribution in [3.8, 4) is 28.7 Å². The van der Waals surface area contributed by atoms with Gasteiger partial charge in [-0.15, -0.1) is 0 Å². The lowest BCUT2D eigenvalue weighted by Gasteiger charge is -2.47. The Morgan fingerprint density at radius 3 is 2.09 bits per heavy atom. The van der Waals surface area contributed by atoms with Crippen LogP contribution >= 0.6 is 0 Å². The number of rotatable bonds is 8. The van der Waals surface area contributed by atoms with Crippen LogP contribution in [0.4, 0.5) is 5.69 Å². The van der Waals surface area contributed by atoms with Gasteiger partial charge in [0, 0.05) is 12.1 Å². The minimum atomic E-state index is -0.875. The van der Waals surface area contributed by atoms with E-state index in [1.165, 1.54) is 46.3 Å². The molecule has 2 amide bonds. The van der Waals surface area contributed by atoms with E-state index in [-0.39, 0.29) is 17.4 Å². The Kier molecular flexibility index (Phi) is 6.64. The summed E-state index contributed by atoms with van der Waals surface area (Å²) >= 11 is 0. The van der Waals surface area contributed by atoms with Gasteiger partial charge in [-0.1, -0.05) is 6.07 Å². The zero-order valence-electron chi connectivity index (χ0n) is 18.5. The van der Waals surface area contributed by atoms with Gasteiger partial charge in [-0.3, -0.25) is 9.59 Å². The van der Waals surface area contributed by atoms with E-state index in [0.717, 1.165) is 0 Å². The molecule has 10 nitrogen and oxygen atoms in total. The Bertz CT molecular complexity index is 1000. The number of benzene rings is 2. The maximum atomic E-state index is 13.1. The summed E-state index contributed by atoms with van der Waals surface area (Å²) in [5.74, 6) is 0.501. The fourth-order valence-electron chi connectivity index (χ4n) is 3.64. The van der Waals surface area contributed by atoms with Crippen molar-refractivity contribution in [2.45, 2.75) is 25.0 Å². The molecule has 0 saturated carbocycles. The second-order valence-corrected chi connectivity index (χ2v) is 7.24. The highest BCUT2D eigenvalue weighted by atomic mass is 16.5. The van der Waals surface area contributed by atoms with E-state index in [0.29, 0.717) is 28.5 Å². The molecule has 3 atom stereocenters. The Hall–Kier alpha value is -3.66. The van der Waals surface area contributed by atoms with Crippen LogP contribution in [0.2, 0.25) is 0 Å². The largest absolute Gasteiger partial charge is 0.504 e. The summed E-state index contributed by atoms with van der Waals surface area (Å²) in [6, 6.07) is 5.79. The number of anilines is 1. The van der Waals surface area contributed by atoms with Gasteiger partial charge in [0.05, 0.1) is 46.2 Å². The van der Waals surface area contributed by atoms with Crippen molar-refractivity contribution in [3.05, 3.63) is 35.9 Å². The monoisotopic (exact) mass is 445 g/mol. The van der Waals surface area contributed by atoms with Crippen LogP contribution in [0.25, 0.3) is 0 Å². The number of carbonyl (C=O) groups is 2. The minimum Gasteiger partial charge on any atom is -0.504 e. The Labute approximate surface area is 185 Å². The molecule has 10 heteroatoms. The number of hydrogen-bond donors (Lipinski definition) is 3. The molecule has 1 heterocycles. The van der Waals surface area contributed by atoms with E-state index in [9.17, 15) is 14.7 Å². The van der Waals surface area contributed by atoms with E-state index in [4.69, 9.17) is 24.7 Å². The van der Waals surface area contributed by atoms with Gasteiger partial charge in [-0.05, 0) is 24.6 Å². The van der Waals surface area contributed by atoms with Crippen molar-refractivity contribution in [1.82, 2.24) is 5.32 Å². The lowest BCUT2D eigenvalue weighted by Crippen LogP contribution is -2.67. The third kappa shape index (κ3) is 3.96. The first kappa shape index (κ1) is 23.0. The van der Waals surface area contributed by atoms with Crippen molar-refractivity contribution >= 4 is 17.5 Å². The van der Waals surface area contributed by atoms with E-state index >= 15 is 0 Å². The Morgan fingerprint density at radius 2 is 1.62 bits per heavy atom. The number of ether oxygens (including phenoxy) is 4. The van der Waals surface area contributed by atoms with Crippen molar-refractivity contribution < 1.29 is 33.6 Å². The molecule has 1 aliphatic rings. The number of nitrogens with two attached hydrogens (primary N) is 1. The van der Waals surface area contributed by atoms with Gasteiger partial charge in [-0.25, -0.2) is 0 Å². The average molecular weight is 445 g/mol. The van der Waals surface area contributed by atoms with Gasteiger partial charge < -0.3 is 40.0 Å². The third-order valence-corrected chi connectivity index (χ3v) is 5.28. The predicted molar refractivity (Wildman–Crippen MR) is 117 cm³/mol. The van der Waals surface area contributed by atoms with Crippen LogP contribution in [0.1, 0.15) is 18.5 Å². The molecule has 0 spiro atoms. The number of methoxy groups -OCH3 is 4. The number of carbonyl (C=O) groups excluding carboxylic acids is 2. The van der Waals surface area contributed by atoms with Crippen molar-refractivity contribution in [2.75, 3.05) is 33.3 Å². The number of amides is 2. The molecule has 1 aliphatic heterocycles. The average Bonchev–Trinajstić information content (AvgIpc) is 2.79. The molecule has 2 aromatic rings. The lowest BCUT2D eigenvalue weighted by molar-refractivity contribution is -0.133. The van der Waals surface area contributed by atoms with E-state index < -0.39 is 24.0 Å². The van der Waals surface area contributed by atoms with Crippen molar-refractivity contribution in [2.24, 2.45) is 5.73 Å². The first-order valence-electron chi connectivity index (χ1n) is 9.83. The summed E-state index contributed by atoms with van der Waals surface area (Å²) in [6.45, 7) is 1.53. The first-order valence-corrected chi connectivity index (χ1v) is 9.83. The topological polar surface area (TPSA) is 133 Å². The molecule has 172 valence electrons. The zero-order valence-corrected chi connectivity index (χ0v) is 18.5. The molecule has 0 aromatic heterocycles. The van der Waals surface area contributed by atoms with Crippen LogP contribution in [0, 0.1) is 0 Å². The van der Waals surface area contributed by atoms with Gasteiger partial charge in [0.15, 0.2) is 23.0 Å². The molecule has 0 unspecified atom stereocenters.